The number of carbonyl (C=O) groups excluding carboxylic acids is 2. The first-order valence-electron chi connectivity index (χ1n) is 9.95. The maximum atomic E-state index is 12.7. The molecule has 31 heavy (non-hydrogen) atoms. The molecule has 166 valence electrons. The van der Waals surface area contributed by atoms with Crippen molar-refractivity contribution >= 4 is 23.4 Å². The molecule has 0 fully saturated rings. The molecule has 0 saturated heterocycles. The summed E-state index contributed by atoms with van der Waals surface area (Å²) in [6, 6.07) is 6.52. The normalized spacial score (nSPS) is 15.5. The zero-order chi connectivity index (χ0) is 22.7. The zero-order valence-corrected chi connectivity index (χ0v) is 18.5. The summed E-state index contributed by atoms with van der Waals surface area (Å²) in [6.07, 6.45) is 1.26. The molecule has 2 N–H and O–H groups in total. The van der Waals surface area contributed by atoms with Gasteiger partial charge in [-0.1, -0.05) is 23.7 Å². The highest BCUT2D eigenvalue weighted by Crippen LogP contribution is 2.29. The number of aromatic nitrogens is 2. The third-order valence-corrected chi connectivity index (χ3v) is 5.44. The molecule has 1 aromatic carbocycles. The van der Waals surface area contributed by atoms with E-state index in [1.165, 1.54) is 4.57 Å². The van der Waals surface area contributed by atoms with Crippen molar-refractivity contribution in [3.63, 3.8) is 0 Å². The summed E-state index contributed by atoms with van der Waals surface area (Å²) in [5, 5.41) is 13.5. The fourth-order valence-corrected chi connectivity index (χ4v) is 3.81. The van der Waals surface area contributed by atoms with E-state index in [-0.39, 0.29) is 24.7 Å². The number of fused-ring (bicyclic) bond motifs is 1. The van der Waals surface area contributed by atoms with Crippen LogP contribution >= 0.6 is 11.6 Å². The fraction of sp³-hybridized carbons (Fsp3) is 0.429. The Morgan fingerprint density at radius 1 is 1.32 bits per heavy atom. The van der Waals surface area contributed by atoms with E-state index in [9.17, 15) is 19.5 Å². The van der Waals surface area contributed by atoms with Gasteiger partial charge >= 0.3 is 0 Å². The molecule has 2 amide bonds. The van der Waals surface area contributed by atoms with Crippen molar-refractivity contribution in [2.75, 3.05) is 27.7 Å². The summed E-state index contributed by atoms with van der Waals surface area (Å²) < 4.78 is 1.34. The van der Waals surface area contributed by atoms with Crippen LogP contribution in [0.25, 0.3) is 0 Å². The Kier molecular flexibility index (Phi) is 6.97. The van der Waals surface area contributed by atoms with Crippen LogP contribution < -0.4 is 10.9 Å². The first-order valence-corrected chi connectivity index (χ1v) is 10.3. The van der Waals surface area contributed by atoms with Gasteiger partial charge in [0.1, 0.15) is 5.82 Å². The number of amides is 2. The number of aromatic hydroxyl groups is 1. The van der Waals surface area contributed by atoms with Gasteiger partial charge in [-0.2, -0.15) is 0 Å². The molecule has 1 atom stereocenters. The van der Waals surface area contributed by atoms with E-state index in [1.54, 1.807) is 55.2 Å². The Morgan fingerprint density at radius 2 is 2.06 bits per heavy atom. The minimum atomic E-state index is -0.699. The second kappa shape index (κ2) is 9.49. The maximum absolute atomic E-state index is 12.7. The highest BCUT2D eigenvalue weighted by molar-refractivity contribution is 6.30. The predicted octanol–water partition coefficient (Wildman–Crippen LogP) is 1.39. The summed E-state index contributed by atoms with van der Waals surface area (Å²) >= 11 is 5.96. The Balaban J connectivity index is 1.89. The lowest BCUT2D eigenvalue weighted by Gasteiger charge is -2.33. The van der Waals surface area contributed by atoms with E-state index >= 15 is 0 Å². The number of carbonyl (C=O) groups is 2. The molecule has 2 heterocycles. The lowest BCUT2D eigenvalue weighted by atomic mass is 10.0. The number of hydrogen-bond donors (Lipinski definition) is 2. The summed E-state index contributed by atoms with van der Waals surface area (Å²) in [5.41, 5.74) is -0.267. The average molecular weight is 448 g/mol. The molecule has 3 rings (SSSR count). The minimum Gasteiger partial charge on any atom is -0.501 e. The van der Waals surface area contributed by atoms with Crippen molar-refractivity contribution in [2.45, 2.75) is 32.0 Å². The van der Waals surface area contributed by atoms with Crippen molar-refractivity contribution in [3.8, 4) is 5.75 Å². The molecule has 0 radical (unpaired) electrons. The molecule has 10 heteroatoms. The smallest absolute Gasteiger partial charge is 0.296 e. The van der Waals surface area contributed by atoms with Crippen LogP contribution in [-0.4, -0.2) is 64.0 Å². The number of hydrogen-bond acceptors (Lipinski definition) is 6. The zero-order valence-electron chi connectivity index (χ0n) is 17.8. The van der Waals surface area contributed by atoms with E-state index < -0.39 is 23.3 Å². The predicted molar refractivity (Wildman–Crippen MR) is 116 cm³/mol. The Bertz CT molecular complexity index is 1050. The molecule has 0 aliphatic carbocycles. The third-order valence-electron chi connectivity index (χ3n) is 5.20. The monoisotopic (exact) mass is 447 g/mol. The highest BCUT2D eigenvalue weighted by Gasteiger charge is 2.32. The van der Waals surface area contributed by atoms with Gasteiger partial charge in [0.15, 0.2) is 5.69 Å². The van der Waals surface area contributed by atoms with Gasteiger partial charge in [-0.3, -0.25) is 19.0 Å². The number of benzene rings is 1. The fourth-order valence-electron chi connectivity index (χ4n) is 3.60. The van der Waals surface area contributed by atoms with Crippen molar-refractivity contribution in [1.29, 1.82) is 0 Å². The Hall–Kier alpha value is -2.91. The van der Waals surface area contributed by atoms with Gasteiger partial charge < -0.3 is 20.2 Å². The molecule has 1 aliphatic heterocycles. The van der Waals surface area contributed by atoms with Crippen molar-refractivity contribution in [2.24, 2.45) is 0 Å². The number of nitrogens with one attached hydrogen (secondary N) is 1. The molecular formula is C21H26ClN5O4. The van der Waals surface area contributed by atoms with Gasteiger partial charge in [0.25, 0.3) is 11.5 Å². The maximum Gasteiger partial charge on any atom is 0.296 e. The van der Waals surface area contributed by atoms with Crippen LogP contribution in [-0.2, 0) is 17.9 Å². The second-order valence-corrected chi connectivity index (χ2v) is 8.27. The second-order valence-electron chi connectivity index (χ2n) is 7.84. The molecule has 1 aromatic heterocycles. The van der Waals surface area contributed by atoms with Crippen LogP contribution in [0.5, 0.6) is 5.75 Å². The minimum absolute atomic E-state index is 0.127. The Morgan fingerprint density at radius 3 is 2.74 bits per heavy atom. The molecule has 0 saturated carbocycles. The summed E-state index contributed by atoms with van der Waals surface area (Å²) in [7, 11) is 5.25. The summed E-state index contributed by atoms with van der Waals surface area (Å²) in [5.74, 6) is -1.20. The number of halogens is 1. The summed E-state index contributed by atoms with van der Waals surface area (Å²) in [6.45, 7) is 0.733. The van der Waals surface area contributed by atoms with Crippen LogP contribution in [0.4, 0.5) is 0 Å². The largest absolute Gasteiger partial charge is 0.501 e. The number of rotatable bonds is 6. The molecular weight excluding hydrogens is 422 g/mol. The molecule has 2 aromatic rings. The molecule has 1 aliphatic rings. The quantitative estimate of drug-likeness (QED) is 0.692. The first kappa shape index (κ1) is 22.8. The topological polar surface area (TPSA) is 108 Å². The van der Waals surface area contributed by atoms with Crippen molar-refractivity contribution < 1.29 is 14.7 Å². The SMILES string of the molecule is CN(C)CC(=O)N(C)C1CCCn2c1nc(C(=O)NCc1cccc(Cl)c1)c(O)c2=O. The van der Waals surface area contributed by atoms with Crippen LogP contribution in [0.15, 0.2) is 29.1 Å². The molecule has 0 bridgehead atoms. The van der Waals surface area contributed by atoms with Crippen molar-refractivity contribution in [3.05, 3.63) is 56.7 Å². The van der Waals surface area contributed by atoms with E-state index in [0.29, 0.717) is 30.2 Å². The molecule has 1 unspecified atom stereocenters. The van der Waals surface area contributed by atoms with Gasteiger partial charge in [-0.15, -0.1) is 0 Å². The summed E-state index contributed by atoms with van der Waals surface area (Å²) in [4.78, 5) is 45.6. The van der Waals surface area contributed by atoms with Gasteiger partial charge in [-0.05, 0) is 44.6 Å². The van der Waals surface area contributed by atoms with Gasteiger partial charge in [-0.25, -0.2) is 4.98 Å². The van der Waals surface area contributed by atoms with Crippen LogP contribution in [0, 0.1) is 0 Å². The van der Waals surface area contributed by atoms with Crippen molar-refractivity contribution in [1.82, 2.24) is 24.7 Å². The lowest BCUT2D eigenvalue weighted by molar-refractivity contribution is -0.133. The van der Waals surface area contributed by atoms with E-state index in [0.717, 1.165) is 5.56 Å². The first-order chi connectivity index (χ1) is 14.7. The average Bonchev–Trinajstić information content (AvgIpc) is 2.73. The standard InChI is InChI=1S/C21H26ClN5O4/c1-25(2)12-16(28)26(3)15-8-5-9-27-19(15)24-17(18(29)21(27)31)20(30)23-11-13-6-4-7-14(22)10-13/h4,6-7,10,15,29H,5,8-9,11-12H2,1-3H3,(H,23,30). The third kappa shape index (κ3) is 5.05. The van der Waals surface area contributed by atoms with Crippen LogP contribution in [0.3, 0.4) is 0 Å². The molecule has 9 nitrogen and oxygen atoms in total. The van der Waals surface area contributed by atoms with E-state index in [2.05, 4.69) is 10.3 Å². The van der Waals surface area contributed by atoms with Gasteiger partial charge in [0.2, 0.25) is 11.7 Å². The van der Waals surface area contributed by atoms with Gasteiger partial charge in [0.05, 0.1) is 12.6 Å². The van der Waals surface area contributed by atoms with E-state index in [4.69, 9.17) is 11.6 Å². The van der Waals surface area contributed by atoms with E-state index in [1.807, 2.05) is 0 Å². The van der Waals surface area contributed by atoms with Crippen LogP contribution in [0.2, 0.25) is 5.02 Å². The molecule has 0 spiro atoms. The Labute approximate surface area is 185 Å². The number of likely N-dealkylation sites (N-methyl/N-ethyl adjacent to an activating group) is 2. The van der Waals surface area contributed by atoms with Crippen LogP contribution in [0.1, 0.15) is 40.8 Å². The van der Waals surface area contributed by atoms with Gasteiger partial charge in [0, 0.05) is 25.2 Å². The lowest BCUT2D eigenvalue weighted by Crippen LogP contribution is -2.43. The number of nitrogens with zero attached hydrogens (tertiary/aromatic N) is 4. The highest BCUT2D eigenvalue weighted by atomic mass is 35.5.